The van der Waals surface area contributed by atoms with Crippen molar-refractivity contribution in [3.63, 3.8) is 0 Å². The van der Waals surface area contributed by atoms with Crippen molar-refractivity contribution in [2.75, 3.05) is 33.2 Å². The molecule has 2 aliphatic heterocycles. The molecule has 4 rings (SSSR count). The minimum absolute atomic E-state index is 0.0509. The maximum atomic E-state index is 13.0. The Labute approximate surface area is 184 Å². The Balaban J connectivity index is 1.43. The van der Waals surface area contributed by atoms with Gasteiger partial charge in [-0.05, 0) is 64.0 Å². The zero-order chi connectivity index (χ0) is 22.0. The van der Waals surface area contributed by atoms with Crippen molar-refractivity contribution in [2.45, 2.75) is 55.9 Å². The van der Waals surface area contributed by atoms with Crippen LogP contribution in [0.15, 0.2) is 23.1 Å². The second-order valence-electron chi connectivity index (χ2n) is 8.85. The molecule has 0 radical (unpaired) electrons. The molecular formula is C22H33N5O3S. The summed E-state index contributed by atoms with van der Waals surface area (Å²) in [4.78, 5) is 19.6. The SMILES string of the molecule is CN1CCC(NC(=O)CCc2nc3cc(S(=O)(=O)N4CCCCC4)ccc3n2C)CC1. The van der Waals surface area contributed by atoms with Gasteiger partial charge in [0, 0.05) is 39.0 Å². The van der Waals surface area contributed by atoms with Gasteiger partial charge in [-0.1, -0.05) is 6.42 Å². The molecule has 2 fully saturated rings. The molecule has 2 aliphatic rings. The molecule has 0 aliphatic carbocycles. The lowest BCUT2D eigenvalue weighted by molar-refractivity contribution is -0.122. The van der Waals surface area contributed by atoms with Crippen LogP contribution in [-0.2, 0) is 28.3 Å². The Hall–Kier alpha value is -1.97. The van der Waals surface area contributed by atoms with E-state index in [9.17, 15) is 13.2 Å². The number of hydrogen-bond acceptors (Lipinski definition) is 5. The summed E-state index contributed by atoms with van der Waals surface area (Å²) < 4.78 is 29.5. The first-order valence-corrected chi connectivity index (χ1v) is 12.7. The molecule has 0 atom stereocenters. The summed E-state index contributed by atoms with van der Waals surface area (Å²) in [5.41, 5.74) is 1.54. The smallest absolute Gasteiger partial charge is 0.243 e. The maximum absolute atomic E-state index is 13.0. The molecule has 1 aromatic heterocycles. The molecule has 0 unspecified atom stereocenters. The van der Waals surface area contributed by atoms with Gasteiger partial charge in [0.2, 0.25) is 15.9 Å². The van der Waals surface area contributed by atoms with E-state index in [2.05, 4.69) is 22.2 Å². The average molecular weight is 448 g/mol. The number of imidazole rings is 1. The number of rotatable bonds is 6. The molecule has 170 valence electrons. The van der Waals surface area contributed by atoms with Gasteiger partial charge in [0.05, 0.1) is 15.9 Å². The van der Waals surface area contributed by atoms with E-state index < -0.39 is 10.0 Å². The number of sulfonamides is 1. The number of nitrogens with zero attached hydrogens (tertiary/aromatic N) is 4. The molecule has 0 bridgehead atoms. The van der Waals surface area contributed by atoms with Gasteiger partial charge in [-0.15, -0.1) is 0 Å². The molecule has 2 saturated heterocycles. The molecule has 3 heterocycles. The number of benzene rings is 1. The third kappa shape index (κ3) is 4.94. The Bertz CT molecular complexity index is 1030. The van der Waals surface area contributed by atoms with Gasteiger partial charge in [0.1, 0.15) is 5.82 Å². The lowest BCUT2D eigenvalue weighted by Gasteiger charge is -2.29. The van der Waals surface area contributed by atoms with E-state index in [1.165, 1.54) is 0 Å². The van der Waals surface area contributed by atoms with Crippen molar-refractivity contribution in [1.29, 1.82) is 0 Å². The third-order valence-electron chi connectivity index (χ3n) is 6.56. The van der Waals surface area contributed by atoms with Crippen LogP contribution in [0.25, 0.3) is 11.0 Å². The second kappa shape index (κ2) is 9.26. The second-order valence-corrected chi connectivity index (χ2v) is 10.8. The fourth-order valence-corrected chi connectivity index (χ4v) is 6.08. The zero-order valence-electron chi connectivity index (χ0n) is 18.5. The maximum Gasteiger partial charge on any atom is 0.243 e. The van der Waals surface area contributed by atoms with Gasteiger partial charge < -0.3 is 14.8 Å². The average Bonchev–Trinajstić information content (AvgIpc) is 3.09. The molecule has 1 amide bonds. The molecule has 0 saturated carbocycles. The van der Waals surface area contributed by atoms with Crippen LogP contribution in [0.5, 0.6) is 0 Å². The van der Waals surface area contributed by atoms with E-state index in [4.69, 9.17) is 0 Å². The summed E-state index contributed by atoms with van der Waals surface area (Å²) in [6.45, 7) is 3.19. The zero-order valence-corrected chi connectivity index (χ0v) is 19.3. The topological polar surface area (TPSA) is 87.5 Å². The van der Waals surface area contributed by atoms with Crippen LogP contribution in [0.3, 0.4) is 0 Å². The number of nitrogens with one attached hydrogen (secondary N) is 1. The fraction of sp³-hybridized carbons (Fsp3) is 0.636. The highest BCUT2D eigenvalue weighted by Crippen LogP contribution is 2.25. The van der Waals surface area contributed by atoms with Crippen LogP contribution >= 0.6 is 0 Å². The normalized spacial score (nSPS) is 19.7. The highest BCUT2D eigenvalue weighted by atomic mass is 32.2. The van der Waals surface area contributed by atoms with E-state index in [1.54, 1.807) is 16.4 Å². The largest absolute Gasteiger partial charge is 0.353 e. The van der Waals surface area contributed by atoms with Crippen LogP contribution in [-0.4, -0.2) is 72.3 Å². The van der Waals surface area contributed by atoms with Crippen molar-refractivity contribution >= 4 is 27.0 Å². The van der Waals surface area contributed by atoms with E-state index in [-0.39, 0.29) is 11.9 Å². The Morgan fingerprint density at radius 3 is 2.52 bits per heavy atom. The number of aryl methyl sites for hydroxylation is 2. The number of hydrogen-bond donors (Lipinski definition) is 1. The predicted octanol–water partition coefficient (Wildman–Crippen LogP) is 1.89. The van der Waals surface area contributed by atoms with Crippen LogP contribution in [0.4, 0.5) is 0 Å². The first-order valence-electron chi connectivity index (χ1n) is 11.3. The molecule has 31 heavy (non-hydrogen) atoms. The summed E-state index contributed by atoms with van der Waals surface area (Å²) in [6, 6.07) is 5.42. The highest BCUT2D eigenvalue weighted by Gasteiger charge is 2.26. The molecular weight excluding hydrogens is 414 g/mol. The number of likely N-dealkylation sites (tertiary alicyclic amines) is 1. The fourth-order valence-electron chi connectivity index (χ4n) is 4.55. The van der Waals surface area contributed by atoms with Crippen LogP contribution < -0.4 is 5.32 Å². The first-order chi connectivity index (χ1) is 14.8. The summed E-state index contributed by atoms with van der Waals surface area (Å²) in [6.07, 6.45) is 5.79. The Morgan fingerprint density at radius 2 is 1.81 bits per heavy atom. The van der Waals surface area contributed by atoms with Gasteiger partial charge in [-0.2, -0.15) is 4.31 Å². The lowest BCUT2D eigenvalue weighted by Crippen LogP contribution is -2.43. The number of carbonyl (C=O) groups is 1. The summed E-state index contributed by atoms with van der Waals surface area (Å²) in [5, 5.41) is 3.14. The van der Waals surface area contributed by atoms with Gasteiger partial charge in [-0.3, -0.25) is 4.79 Å². The van der Waals surface area contributed by atoms with Gasteiger partial charge >= 0.3 is 0 Å². The van der Waals surface area contributed by atoms with Gasteiger partial charge in [-0.25, -0.2) is 13.4 Å². The van der Waals surface area contributed by atoms with E-state index >= 15 is 0 Å². The van der Waals surface area contributed by atoms with Crippen molar-refractivity contribution < 1.29 is 13.2 Å². The number of carbonyl (C=O) groups excluding carboxylic acids is 1. The highest BCUT2D eigenvalue weighted by molar-refractivity contribution is 7.89. The monoisotopic (exact) mass is 447 g/mol. The van der Waals surface area contributed by atoms with Gasteiger partial charge in [0.25, 0.3) is 0 Å². The van der Waals surface area contributed by atoms with Crippen LogP contribution in [0, 0.1) is 0 Å². The minimum atomic E-state index is -3.49. The molecule has 1 aromatic carbocycles. The number of amides is 1. The number of fused-ring (bicyclic) bond motifs is 1. The van der Waals surface area contributed by atoms with E-state index in [0.29, 0.717) is 36.3 Å². The number of aromatic nitrogens is 2. The van der Waals surface area contributed by atoms with Crippen LogP contribution in [0.2, 0.25) is 0 Å². The quantitative estimate of drug-likeness (QED) is 0.731. The Kier molecular flexibility index (Phi) is 6.64. The van der Waals surface area contributed by atoms with Crippen LogP contribution in [0.1, 0.15) is 44.3 Å². The van der Waals surface area contributed by atoms with Crippen molar-refractivity contribution in [3.8, 4) is 0 Å². The molecule has 8 nitrogen and oxygen atoms in total. The molecule has 0 spiro atoms. The Morgan fingerprint density at radius 1 is 1.10 bits per heavy atom. The molecule has 9 heteroatoms. The van der Waals surface area contributed by atoms with E-state index in [1.807, 2.05) is 17.7 Å². The minimum Gasteiger partial charge on any atom is -0.353 e. The summed E-state index contributed by atoms with van der Waals surface area (Å²) in [7, 11) is 0.533. The van der Waals surface area contributed by atoms with Crippen molar-refractivity contribution in [3.05, 3.63) is 24.0 Å². The van der Waals surface area contributed by atoms with Gasteiger partial charge in [0.15, 0.2) is 0 Å². The van der Waals surface area contributed by atoms with Crippen molar-refractivity contribution in [1.82, 2.24) is 24.1 Å². The number of piperidine rings is 2. The first kappa shape index (κ1) is 22.2. The summed E-state index contributed by atoms with van der Waals surface area (Å²) in [5.74, 6) is 0.844. The standard InChI is InChI=1S/C22H33N5O3S/c1-25-14-10-17(11-15-25)23-22(28)9-8-21-24-19-16-18(6-7-20(19)26(21)2)31(29,30)27-12-4-3-5-13-27/h6-7,16-17H,3-5,8-15H2,1-2H3,(H,23,28). The van der Waals surface area contributed by atoms with E-state index in [0.717, 1.165) is 56.5 Å². The third-order valence-corrected chi connectivity index (χ3v) is 8.45. The summed E-state index contributed by atoms with van der Waals surface area (Å²) >= 11 is 0. The van der Waals surface area contributed by atoms with Crippen molar-refractivity contribution in [2.24, 2.45) is 7.05 Å². The molecule has 1 N–H and O–H groups in total. The lowest BCUT2D eigenvalue weighted by atomic mass is 10.1. The molecule has 2 aromatic rings. The predicted molar refractivity (Wildman–Crippen MR) is 120 cm³/mol.